The van der Waals surface area contributed by atoms with Gasteiger partial charge in [-0.25, -0.2) is 9.97 Å². The first kappa shape index (κ1) is 26.4. The smallest absolute Gasteiger partial charge is 0.254 e. The molecule has 9 nitrogen and oxygen atoms in total. The van der Waals surface area contributed by atoms with Crippen molar-refractivity contribution in [1.82, 2.24) is 25.1 Å². The Labute approximate surface area is 247 Å². The summed E-state index contributed by atoms with van der Waals surface area (Å²) in [6, 6.07) is 12.9. The van der Waals surface area contributed by atoms with Gasteiger partial charge in [-0.2, -0.15) is 0 Å². The van der Waals surface area contributed by atoms with E-state index in [2.05, 4.69) is 39.4 Å². The predicted molar refractivity (Wildman–Crippen MR) is 161 cm³/mol. The van der Waals surface area contributed by atoms with Crippen LogP contribution in [0.15, 0.2) is 42.6 Å². The molecule has 1 spiro atoms. The van der Waals surface area contributed by atoms with Crippen molar-refractivity contribution in [2.24, 2.45) is 5.41 Å². The third-order valence-electron chi connectivity index (χ3n) is 10.1. The van der Waals surface area contributed by atoms with Gasteiger partial charge in [0.05, 0.1) is 5.52 Å². The lowest BCUT2D eigenvalue weighted by Gasteiger charge is -2.52. The van der Waals surface area contributed by atoms with E-state index < -0.39 is 0 Å². The number of hydrogen-bond donors (Lipinski definition) is 1. The van der Waals surface area contributed by atoms with Crippen LogP contribution >= 0.6 is 0 Å². The number of ether oxygens (including phenoxy) is 2. The van der Waals surface area contributed by atoms with Crippen molar-refractivity contribution < 1.29 is 14.3 Å². The molecule has 1 unspecified atom stereocenters. The number of rotatable bonds is 6. The van der Waals surface area contributed by atoms with Crippen LogP contribution in [0.5, 0.6) is 5.75 Å². The summed E-state index contributed by atoms with van der Waals surface area (Å²) in [5.74, 6) is 1.89. The summed E-state index contributed by atoms with van der Waals surface area (Å²) in [7, 11) is 0. The lowest BCUT2D eigenvalue weighted by Crippen LogP contribution is -2.59. The molecule has 0 bridgehead atoms. The third-order valence-corrected chi connectivity index (χ3v) is 10.1. The van der Waals surface area contributed by atoms with Gasteiger partial charge in [0.2, 0.25) is 5.95 Å². The average molecular weight is 569 g/mol. The second-order valence-electron chi connectivity index (χ2n) is 13.0. The van der Waals surface area contributed by atoms with Crippen LogP contribution in [0.4, 0.5) is 5.95 Å². The van der Waals surface area contributed by atoms with Gasteiger partial charge in [-0.3, -0.25) is 9.69 Å². The lowest BCUT2D eigenvalue weighted by molar-refractivity contribution is -0.000718. The minimum absolute atomic E-state index is 0.153. The van der Waals surface area contributed by atoms with Gasteiger partial charge in [-0.15, -0.1) is 0 Å². The topological polar surface area (TPSA) is 83.1 Å². The van der Waals surface area contributed by atoms with Crippen molar-refractivity contribution in [3.05, 3.63) is 59.3 Å². The Morgan fingerprint density at radius 1 is 1.10 bits per heavy atom. The molecule has 9 heteroatoms. The van der Waals surface area contributed by atoms with Crippen LogP contribution in [0.2, 0.25) is 0 Å². The summed E-state index contributed by atoms with van der Waals surface area (Å²) < 4.78 is 12.0. The van der Waals surface area contributed by atoms with E-state index >= 15 is 0 Å². The molecule has 0 saturated carbocycles. The fraction of sp³-hybridized carbons (Fsp3) is 0.545. The molecule has 1 aromatic heterocycles. The maximum absolute atomic E-state index is 13.0. The SMILES string of the molecule is O=C1c2ccc(O[C@H]3CCN(Cc4ccc5nc(N6CC7(CCOCC7)C6)ncc5c4)C3)cc2CN1C1CCCNC1. The van der Waals surface area contributed by atoms with E-state index in [4.69, 9.17) is 19.4 Å². The predicted octanol–water partition coefficient (Wildman–Crippen LogP) is 3.61. The molecule has 0 radical (unpaired) electrons. The van der Waals surface area contributed by atoms with Crippen molar-refractivity contribution in [2.45, 2.75) is 57.3 Å². The monoisotopic (exact) mass is 568 g/mol. The maximum atomic E-state index is 13.0. The summed E-state index contributed by atoms with van der Waals surface area (Å²) in [6.07, 6.45) is 7.63. The minimum Gasteiger partial charge on any atom is -0.489 e. The normalized spacial score (nSPS) is 25.7. The quantitative estimate of drug-likeness (QED) is 0.483. The summed E-state index contributed by atoms with van der Waals surface area (Å²) >= 11 is 0. The number of likely N-dealkylation sites (tertiary alicyclic amines) is 1. The van der Waals surface area contributed by atoms with E-state index in [1.165, 1.54) is 5.56 Å². The number of anilines is 1. The lowest BCUT2D eigenvalue weighted by atomic mass is 9.73. The van der Waals surface area contributed by atoms with Gasteiger partial charge in [0, 0.05) is 87.6 Å². The number of aromatic nitrogens is 2. The van der Waals surface area contributed by atoms with Gasteiger partial charge in [0.15, 0.2) is 0 Å². The Kier molecular flexibility index (Phi) is 6.76. The van der Waals surface area contributed by atoms with E-state index in [0.717, 1.165) is 125 Å². The van der Waals surface area contributed by atoms with Gasteiger partial charge >= 0.3 is 0 Å². The Bertz CT molecular complexity index is 1480. The van der Waals surface area contributed by atoms with Crippen molar-refractivity contribution >= 4 is 22.8 Å². The van der Waals surface area contributed by atoms with Crippen molar-refractivity contribution in [2.75, 3.05) is 57.4 Å². The Morgan fingerprint density at radius 3 is 2.86 bits per heavy atom. The molecule has 220 valence electrons. The highest BCUT2D eigenvalue weighted by Crippen LogP contribution is 2.41. The molecular weight excluding hydrogens is 528 g/mol. The zero-order valence-electron chi connectivity index (χ0n) is 24.3. The second kappa shape index (κ2) is 10.8. The zero-order chi connectivity index (χ0) is 28.1. The molecule has 42 heavy (non-hydrogen) atoms. The number of nitrogens with one attached hydrogen (secondary N) is 1. The molecule has 5 aliphatic heterocycles. The number of hydrogen-bond acceptors (Lipinski definition) is 8. The van der Waals surface area contributed by atoms with Crippen molar-refractivity contribution in [1.29, 1.82) is 0 Å². The third kappa shape index (κ3) is 5.01. The average Bonchev–Trinajstić information content (AvgIpc) is 3.59. The number of benzene rings is 2. The molecule has 0 aliphatic carbocycles. The fourth-order valence-electron chi connectivity index (χ4n) is 7.62. The minimum atomic E-state index is 0.153. The Hall–Kier alpha value is -3.27. The molecule has 4 saturated heterocycles. The first-order valence-corrected chi connectivity index (χ1v) is 15.7. The highest BCUT2D eigenvalue weighted by molar-refractivity contribution is 5.98. The van der Waals surface area contributed by atoms with Crippen molar-refractivity contribution in [3.63, 3.8) is 0 Å². The number of amides is 1. The van der Waals surface area contributed by atoms with Crippen LogP contribution in [0, 0.1) is 5.41 Å². The van der Waals surface area contributed by atoms with Crippen LogP contribution < -0.4 is 15.0 Å². The number of carbonyl (C=O) groups excluding carboxylic acids is 1. The highest BCUT2D eigenvalue weighted by atomic mass is 16.5. The summed E-state index contributed by atoms with van der Waals surface area (Å²) in [4.78, 5) is 29.4. The van der Waals surface area contributed by atoms with Crippen molar-refractivity contribution in [3.8, 4) is 5.75 Å². The molecule has 2 atom stereocenters. The van der Waals surface area contributed by atoms with E-state index in [9.17, 15) is 4.79 Å². The zero-order valence-corrected chi connectivity index (χ0v) is 24.3. The van der Waals surface area contributed by atoms with Gasteiger partial charge in [0.25, 0.3) is 5.91 Å². The summed E-state index contributed by atoms with van der Waals surface area (Å²) in [5, 5.41) is 4.53. The number of fused-ring (bicyclic) bond motifs is 2. The van der Waals surface area contributed by atoms with Crippen LogP contribution in [-0.2, 0) is 17.8 Å². The summed E-state index contributed by atoms with van der Waals surface area (Å²) in [6.45, 7) is 9.26. The second-order valence-corrected chi connectivity index (χ2v) is 13.0. The van der Waals surface area contributed by atoms with Gasteiger partial charge in [-0.05, 0) is 80.1 Å². The van der Waals surface area contributed by atoms with E-state index in [0.29, 0.717) is 18.0 Å². The summed E-state index contributed by atoms with van der Waals surface area (Å²) in [5.41, 5.74) is 4.62. The van der Waals surface area contributed by atoms with E-state index in [-0.39, 0.29) is 12.0 Å². The molecule has 1 N–H and O–H groups in total. The first-order chi connectivity index (χ1) is 20.6. The molecule has 4 fully saturated rings. The molecule has 5 aliphatic rings. The van der Waals surface area contributed by atoms with Crippen LogP contribution in [0.25, 0.3) is 10.9 Å². The van der Waals surface area contributed by atoms with Gasteiger partial charge < -0.3 is 24.6 Å². The maximum Gasteiger partial charge on any atom is 0.254 e. The van der Waals surface area contributed by atoms with Crippen LogP contribution in [0.3, 0.4) is 0 Å². The fourth-order valence-corrected chi connectivity index (χ4v) is 7.62. The van der Waals surface area contributed by atoms with Crippen LogP contribution in [-0.4, -0.2) is 90.3 Å². The standard InChI is InChI=1S/C33H40N6O3/c40-31-29-5-4-27(15-25(29)19-39(31)26-2-1-10-34-17-26)42-28-7-11-37(20-28)18-23-3-6-30-24(14-23)16-35-32(36-30)38-21-33(22-38)8-12-41-13-9-33/h3-6,14-16,26,28,34H,1-2,7-13,17-22H2/t26?,28-/m0/s1. The largest absolute Gasteiger partial charge is 0.489 e. The Balaban J connectivity index is 0.864. The molecule has 2 aromatic carbocycles. The molecule has 6 heterocycles. The van der Waals surface area contributed by atoms with Gasteiger partial charge in [-0.1, -0.05) is 6.07 Å². The molecule has 8 rings (SSSR count). The molecular formula is C33H40N6O3. The highest BCUT2D eigenvalue weighted by Gasteiger charge is 2.45. The number of piperidine rings is 1. The van der Waals surface area contributed by atoms with Crippen LogP contribution in [0.1, 0.15) is 53.6 Å². The van der Waals surface area contributed by atoms with E-state index in [1.807, 2.05) is 23.2 Å². The molecule has 1 amide bonds. The first-order valence-electron chi connectivity index (χ1n) is 15.7. The van der Waals surface area contributed by atoms with E-state index in [1.54, 1.807) is 0 Å². The Morgan fingerprint density at radius 2 is 2.00 bits per heavy atom. The number of carbonyl (C=O) groups is 1. The van der Waals surface area contributed by atoms with Gasteiger partial charge in [0.1, 0.15) is 11.9 Å². The number of nitrogens with zero attached hydrogens (tertiary/aromatic N) is 5. The molecule has 3 aromatic rings.